The van der Waals surface area contributed by atoms with E-state index in [2.05, 4.69) is 16.6 Å². The fourth-order valence-corrected chi connectivity index (χ4v) is 2.71. The fourth-order valence-electron chi connectivity index (χ4n) is 2.05. The van der Waals surface area contributed by atoms with Crippen molar-refractivity contribution < 1.29 is 27.5 Å². The van der Waals surface area contributed by atoms with E-state index in [-0.39, 0.29) is 18.7 Å². The number of hydrogen-bond donors (Lipinski definition) is 2. The average Bonchev–Trinajstić information content (AvgIpc) is 2.60. The molecule has 2 amide bonds. The van der Waals surface area contributed by atoms with E-state index in [4.69, 9.17) is 11.2 Å². The molecule has 0 aliphatic rings. The van der Waals surface area contributed by atoms with Crippen molar-refractivity contribution in [3.8, 4) is 12.3 Å². The molecule has 1 aromatic rings. The molecule has 0 spiro atoms. The normalized spacial score (nSPS) is 11.7. The molecule has 27 heavy (non-hydrogen) atoms. The van der Waals surface area contributed by atoms with Gasteiger partial charge in [0.2, 0.25) is 0 Å². The molecule has 0 unspecified atom stereocenters. The maximum absolute atomic E-state index is 12.3. The summed E-state index contributed by atoms with van der Waals surface area (Å²) in [7, 11) is -3.36. The van der Waals surface area contributed by atoms with E-state index in [1.165, 1.54) is 0 Å². The van der Waals surface area contributed by atoms with Crippen molar-refractivity contribution in [3.63, 3.8) is 0 Å². The Balaban J connectivity index is 2.79. The highest BCUT2D eigenvalue weighted by atomic mass is 32.2. The number of nitrogens with one attached hydrogen (secondary N) is 2. The summed E-state index contributed by atoms with van der Waals surface area (Å²) >= 11 is 0. The van der Waals surface area contributed by atoms with Gasteiger partial charge in [0.25, 0.3) is 11.8 Å². The van der Waals surface area contributed by atoms with E-state index < -0.39 is 40.3 Å². The zero-order valence-corrected chi connectivity index (χ0v) is 16.0. The van der Waals surface area contributed by atoms with Crippen LogP contribution in [0, 0.1) is 19.3 Å². The summed E-state index contributed by atoms with van der Waals surface area (Å²) < 4.78 is 27.7. The molecule has 9 heteroatoms. The molecule has 0 aliphatic heterocycles. The standard InChI is InChI=1S/C18H22N2O6S/c1-4-9-19-16(21)12-26-18(23)15(8-10-27(3,24)25)20-17(22)14-7-5-6-13(2)11-14/h1,5-7,11,15H,8-10,12H2,2-3H3,(H,19,21)(H,20,22)/t15-/m0/s1. The van der Waals surface area contributed by atoms with Crippen molar-refractivity contribution >= 4 is 27.6 Å². The van der Waals surface area contributed by atoms with E-state index in [1.807, 2.05) is 0 Å². The SMILES string of the molecule is C#CCNC(=O)COC(=O)[C@H](CCS(C)(=O)=O)NC(=O)c1cccc(C)c1. The number of amides is 2. The van der Waals surface area contributed by atoms with Gasteiger partial charge in [-0.1, -0.05) is 23.6 Å². The highest BCUT2D eigenvalue weighted by Crippen LogP contribution is 2.06. The number of esters is 1. The first kappa shape index (κ1) is 22.2. The number of ether oxygens (including phenoxy) is 1. The van der Waals surface area contributed by atoms with Crippen LogP contribution in [0.2, 0.25) is 0 Å². The number of carbonyl (C=O) groups is 3. The summed E-state index contributed by atoms with van der Waals surface area (Å²) in [5.41, 5.74) is 1.17. The quantitative estimate of drug-likeness (QED) is 0.443. The molecule has 1 atom stereocenters. The molecule has 1 aromatic carbocycles. The molecule has 0 heterocycles. The molecular formula is C18H22N2O6S. The number of benzene rings is 1. The summed E-state index contributed by atoms with van der Waals surface area (Å²) in [6.07, 6.45) is 5.84. The van der Waals surface area contributed by atoms with Gasteiger partial charge in [0.1, 0.15) is 15.9 Å². The molecule has 0 saturated heterocycles. The van der Waals surface area contributed by atoms with Gasteiger partial charge >= 0.3 is 5.97 Å². The predicted octanol–water partition coefficient (Wildman–Crippen LogP) is -0.179. The molecule has 1 rings (SSSR count). The molecular weight excluding hydrogens is 372 g/mol. The second kappa shape index (κ2) is 10.3. The van der Waals surface area contributed by atoms with Crippen molar-refractivity contribution in [2.24, 2.45) is 0 Å². The molecule has 0 aromatic heterocycles. The lowest BCUT2D eigenvalue weighted by Gasteiger charge is -2.17. The van der Waals surface area contributed by atoms with Crippen LogP contribution in [-0.2, 0) is 24.2 Å². The monoisotopic (exact) mass is 394 g/mol. The van der Waals surface area contributed by atoms with Gasteiger partial charge in [0.15, 0.2) is 6.61 Å². The third-order valence-corrected chi connectivity index (χ3v) is 4.36. The van der Waals surface area contributed by atoms with Crippen LogP contribution in [0.4, 0.5) is 0 Å². The maximum atomic E-state index is 12.3. The van der Waals surface area contributed by atoms with E-state index in [9.17, 15) is 22.8 Å². The summed E-state index contributed by atoms with van der Waals surface area (Å²) in [6.45, 7) is 1.20. The van der Waals surface area contributed by atoms with Crippen LogP contribution in [-0.4, -0.2) is 57.4 Å². The summed E-state index contributed by atoms with van der Waals surface area (Å²) in [5, 5.41) is 4.78. The van der Waals surface area contributed by atoms with E-state index in [0.717, 1.165) is 11.8 Å². The lowest BCUT2D eigenvalue weighted by molar-refractivity contribution is -0.150. The van der Waals surface area contributed by atoms with Crippen molar-refractivity contribution in [3.05, 3.63) is 35.4 Å². The van der Waals surface area contributed by atoms with E-state index in [1.54, 1.807) is 31.2 Å². The summed E-state index contributed by atoms with van der Waals surface area (Å²) in [5.74, 6) is -0.191. The topological polar surface area (TPSA) is 119 Å². The van der Waals surface area contributed by atoms with Crippen LogP contribution in [0.3, 0.4) is 0 Å². The molecule has 0 radical (unpaired) electrons. The zero-order chi connectivity index (χ0) is 20.4. The van der Waals surface area contributed by atoms with Gasteiger partial charge in [-0.25, -0.2) is 13.2 Å². The molecule has 0 saturated carbocycles. The van der Waals surface area contributed by atoms with Gasteiger partial charge < -0.3 is 15.4 Å². The smallest absolute Gasteiger partial charge is 0.329 e. The maximum Gasteiger partial charge on any atom is 0.329 e. The zero-order valence-electron chi connectivity index (χ0n) is 15.2. The Morgan fingerprint density at radius 2 is 2.00 bits per heavy atom. The molecule has 8 nitrogen and oxygen atoms in total. The van der Waals surface area contributed by atoms with Crippen LogP contribution < -0.4 is 10.6 Å². The van der Waals surface area contributed by atoms with Gasteiger partial charge in [-0.15, -0.1) is 6.42 Å². The summed E-state index contributed by atoms with van der Waals surface area (Å²) in [6, 6.07) is 5.47. The van der Waals surface area contributed by atoms with Gasteiger partial charge in [-0.05, 0) is 25.5 Å². The number of rotatable bonds is 9. The predicted molar refractivity (Wildman–Crippen MR) is 99.6 cm³/mol. The third kappa shape index (κ3) is 8.87. The minimum absolute atomic E-state index is 0.0159. The molecule has 2 N–H and O–H groups in total. The van der Waals surface area contributed by atoms with E-state index in [0.29, 0.717) is 5.56 Å². The number of aryl methyl sites for hydroxylation is 1. The molecule has 0 aliphatic carbocycles. The van der Waals surface area contributed by atoms with Crippen molar-refractivity contribution in [2.75, 3.05) is 25.2 Å². The van der Waals surface area contributed by atoms with Crippen molar-refractivity contribution in [1.29, 1.82) is 0 Å². The second-order valence-electron chi connectivity index (χ2n) is 5.90. The Bertz CT molecular complexity index is 842. The molecule has 0 bridgehead atoms. The Kier molecular flexibility index (Phi) is 8.48. The average molecular weight is 394 g/mol. The Labute approximate surface area is 158 Å². The number of carbonyl (C=O) groups excluding carboxylic acids is 3. The third-order valence-electron chi connectivity index (χ3n) is 3.38. The van der Waals surface area contributed by atoms with Crippen LogP contribution in [0.25, 0.3) is 0 Å². The number of terminal acetylenes is 1. The van der Waals surface area contributed by atoms with Crippen LogP contribution >= 0.6 is 0 Å². The van der Waals surface area contributed by atoms with Crippen molar-refractivity contribution in [2.45, 2.75) is 19.4 Å². The second-order valence-corrected chi connectivity index (χ2v) is 8.16. The first-order valence-corrected chi connectivity index (χ1v) is 10.1. The highest BCUT2D eigenvalue weighted by Gasteiger charge is 2.25. The molecule has 146 valence electrons. The first-order valence-electron chi connectivity index (χ1n) is 8.04. The van der Waals surface area contributed by atoms with Crippen LogP contribution in [0.15, 0.2) is 24.3 Å². The lowest BCUT2D eigenvalue weighted by Crippen LogP contribution is -2.44. The Morgan fingerprint density at radius 3 is 2.59 bits per heavy atom. The minimum atomic E-state index is -3.36. The van der Waals surface area contributed by atoms with E-state index >= 15 is 0 Å². The highest BCUT2D eigenvalue weighted by molar-refractivity contribution is 7.90. The lowest BCUT2D eigenvalue weighted by atomic mass is 10.1. The largest absolute Gasteiger partial charge is 0.454 e. The Hall–Kier alpha value is -2.86. The number of sulfone groups is 1. The van der Waals surface area contributed by atoms with Gasteiger partial charge in [-0.3, -0.25) is 9.59 Å². The summed E-state index contributed by atoms with van der Waals surface area (Å²) in [4.78, 5) is 36.0. The van der Waals surface area contributed by atoms with Gasteiger partial charge in [0.05, 0.1) is 12.3 Å². The van der Waals surface area contributed by atoms with Crippen molar-refractivity contribution in [1.82, 2.24) is 10.6 Å². The van der Waals surface area contributed by atoms with Crippen LogP contribution in [0.5, 0.6) is 0 Å². The minimum Gasteiger partial charge on any atom is -0.454 e. The Morgan fingerprint density at radius 1 is 1.30 bits per heavy atom. The first-order chi connectivity index (χ1) is 12.6. The fraction of sp³-hybridized carbons (Fsp3) is 0.389. The van der Waals surface area contributed by atoms with Gasteiger partial charge in [-0.2, -0.15) is 0 Å². The number of hydrogen-bond acceptors (Lipinski definition) is 6. The van der Waals surface area contributed by atoms with Gasteiger partial charge in [0, 0.05) is 11.8 Å². The van der Waals surface area contributed by atoms with Crippen LogP contribution in [0.1, 0.15) is 22.3 Å². The molecule has 0 fully saturated rings.